The van der Waals surface area contributed by atoms with Gasteiger partial charge in [-0.25, -0.2) is 0 Å². The van der Waals surface area contributed by atoms with Gasteiger partial charge in [-0.05, 0) is 7.05 Å². The fourth-order valence-corrected chi connectivity index (χ4v) is 1.35. The van der Waals surface area contributed by atoms with E-state index in [0.717, 1.165) is 13.1 Å². The van der Waals surface area contributed by atoms with Gasteiger partial charge in [0.25, 0.3) is 0 Å². The van der Waals surface area contributed by atoms with Gasteiger partial charge in [0.2, 0.25) is 0 Å². The fraction of sp³-hybridized carbons (Fsp3) is 1.00. The standard InChI is InChI=1S/C5H11N3.C2H6/c1-8-4-2-6-3-5(8)7-4;1-2/h4-7H,2-3H2,1H3;1-2H3. The Labute approximate surface area is 62.8 Å². The highest BCUT2D eigenvalue weighted by Crippen LogP contribution is 2.12. The summed E-state index contributed by atoms with van der Waals surface area (Å²) in [4.78, 5) is 2.36. The number of fused-ring (bicyclic) bond motifs is 2. The van der Waals surface area contributed by atoms with E-state index in [1.54, 1.807) is 0 Å². The van der Waals surface area contributed by atoms with E-state index >= 15 is 0 Å². The summed E-state index contributed by atoms with van der Waals surface area (Å²) < 4.78 is 0. The minimum absolute atomic E-state index is 0.619. The van der Waals surface area contributed by atoms with Crippen molar-refractivity contribution < 1.29 is 0 Å². The zero-order valence-corrected chi connectivity index (χ0v) is 7.02. The van der Waals surface area contributed by atoms with E-state index < -0.39 is 0 Å². The predicted octanol–water partition coefficient (Wildman–Crippen LogP) is -0.197. The minimum Gasteiger partial charge on any atom is -0.311 e. The fourth-order valence-electron chi connectivity index (χ4n) is 1.35. The molecule has 3 rings (SSSR count). The van der Waals surface area contributed by atoms with E-state index in [1.807, 2.05) is 13.8 Å². The Hall–Kier alpha value is -0.120. The van der Waals surface area contributed by atoms with E-state index in [2.05, 4.69) is 22.6 Å². The number of piperazine rings is 2. The van der Waals surface area contributed by atoms with Gasteiger partial charge in [-0.3, -0.25) is 10.2 Å². The highest BCUT2D eigenvalue weighted by molar-refractivity contribution is 4.92. The first-order valence-corrected chi connectivity index (χ1v) is 4.06. The summed E-state index contributed by atoms with van der Waals surface area (Å²) in [5, 5.41) is 6.70. The molecular weight excluding hydrogens is 126 g/mol. The molecule has 0 amide bonds. The smallest absolute Gasteiger partial charge is 0.0748 e. The molecule has 3 saturated heterocycles. The van der Waals surface area contributed by atoms with Crippen LogP contribution in [0.5, 0.6) is 0 Å². The zero-order chi connectivity index (χ0) is 7.56. The topological polar surface area (TPSA) is 27.3 Å². The number of hydrogen-bond donors (Lipinski definition) is 2. The van der Waals surface area contributed by atoms with Crippen LogP contribution in [0.2, 0.25) is 0 Å². The molecule has 0 spiro atoms. The lowest BCUT2D eigenvalue weighted by molar-refractivity contribution is -0.0304. The van der Waals surface area contributed by atoms with Crippen LogP contribution in [0.15, 0.2) is 0 Å². The number of hydrogen-bond acceptors (Lipinski definition) is 3. The van der Waals surface area contributed by atoms with Gasteiger partial charge in [0.15, 0.2) is 0 Å². The van der Waals surface area contributed by atoms with Crippen molar-refractivity contribution in [2.75, 3.05) is 20.1 Å². The van der Waals surface area contributed by atoms with Crippen molar-refractivity contribution in [3.05, 3.63) is 0 Å². The Bertz CT molecular complexity index is 91.0. The SMILES string of the molecule is CC.CN1C2CNCC1N2. The summed E-state index contributed by atoms with van der Waals surface area (Å²) in [5.74, 6) is 0. The van der Waals surface area contributed by atoms with E-state index in [1.165, 1.54) is 0 Å². The quantitative estimate of drug-likeness (QED) is 0.492. The monoisotopic (exact) mass is 143 g/mol. The summed E-state index contributed by atoms with van der Waals surface area (Å²) in [5.41, 5.74) is 0. The number of nitrogens with one attached hydrogen (secondary N) is 2. The zero-order valence-electron chi connectivity index (χ0n) is 7.02. The highest BCUT2D eigenvalue weighted by atomic mass is 15.5. The Kier molecular flexibility index (Phi) is 2.65. The first kappa shape index (κ1) is 7.98. The lowest BCUT2D eigenvalue weighted by atomic mass is 10.1. The summed E-state index contributed by atoms with van der Waals surface area (Å²) in [6, 6.07) is 0. The van der Waals surface area contributed by atoms with Gasteiger partial charge < -0.3 is 5.32 Å². The van der Waals surface area contributed by atoms with Crippen LogP contribution < -0.4 is 10.6 Å². The van der Waals surface area contributed by atoms with E-state index in [9.17, 15) is 0 Å². The van der Waals surface area contributed by atoms with Crippen molar-refractivity contribution in [3.63, 3.8) is 0 Å². The number of nitrogens with zero attached hydrogens (tertiary/aromatic N) is 1. The van der Waals surface area contributed by atoms with Crippen LogP contribution in [0, 0.1) is 0 Å². The molecule has 0 aromatic heterocycles. The average Bonchev–Trinajstić information content (AvgIpc) is 2.08. The average molecular weight is 143 g/mol. The Morgan fingerprint density at radius 2 is 1.70 bits per heavy atom. The largest absolute Gasteiger partial charge is 0.311 e. The lowest BCUT2D eigenvalue weighted by Gasteiger charge is -2.52. The maximum atomic E-state index is 3.39. The molecule has 2 unspecified atom stereocenters. The molecule has 0 aromatic rings. The van der Waals surface area contributed by atoms with Crippen LogP contribution in [0.4, 0.5) is 0 Å². The molecule has 10 heavy (non-hydrogen) atoms. The molecule has 3 heteroatoms. The maximum Gasteiger partial charge on any atom is 0.0748 e. The van der Waals surface area contributed by atoms with Crippen molar-refractivity contribution >= 4 is 0 Å². The molecule has 2 bridgehead atoms. The first-order chi connectivity index (χ1) is 4.88. The van der Waals surface area contributed by atoms with Gasteiger partial charge in [-0.15, -0.1) is 0 Å². The second-order valence-electron chi connectivity index (χ2n) is 2.52. The van der Waals surface area contributed by atoms with E-state index in [-0.39, 0.29) is 0 Å². The molecule has 3 aliphatic rings. The van der Waals surface area contributed by atoms with Crippen LogP contribution >= 0.6 is 0 Å². The molecular formula is C7H17N3. The Balaban J connectivity index is 0.000000231. The predicted molar refractivity (Wildman–Crippen MR) is 42.7 cm³/mol. The molecule has 3 nitrogen and oxygen atoms in total. The summed E-state index contributed by atoms with van der Waals surface area (Å²) in [7, 11) is 2.16. The van der Waals surface area contributed by atoms with Gasteiger partial charge >= 0.3 is 0 Å². The van der Waals surface area contributed by atoms with Crippen LogP contribution in [0.1, 0.15) is 13.8 Å². The molecule has 0 saturated carbocycles. The molecule has 0 radical (unpaired) electrons. The molecule has 60 valence electrons. The summed E-state index contributed by atoms with van der Waals surface area (Å²) in [6.45, 7) is 6.21. The van der Waals surface area contributed by atoms with Crippen LogP contribution in [0.3, 0.4) is 0 Å². The second-order valence-corrected chi connectivity index (χ2v) is 2.52. The van der Waals surface area contributed by atoms with Crippen molar-refractivity contribution in [2.45, 2.75) is 26.2 Å². The molecule has 2 atom stereocenters. The molecule has 3 fully saturated rings. The van der Waals surface area contributed by atoms with Gasteiger partial charge in [0.1, 0.15) is 0 Å². The van der Waals surface area contributed by atoms with E-state index in [4.69, 9.17) is 0 Å². The van der Waals surface area contributed by atoms with Gasteiger partial charge in [-0.1, -0.05) is 13.8 Å². The van der Waals surface area contributed by atoms with Crippen molar-refractivity contribution in [1.29, 1.82) is 0 Å². The van der Waals surface area contributed by atoms with Crippen LogP contribution in [-0.4, -0.2) is 37.4 Å². The van der Waals surface area contributed by atoms with Crippen LogP contribution in [-0.2, 0) is 0 Å². The Morgan fingerprint density at radius 1 is 1.20 bits per heavy atom. The van der Waals surface area contributed by atoms with Gasteiger partial charge in [0, 0.05) is 13.1 Å². The Morgan fingerprint density at radius 3 is 1.90 bits per heavy atom. The lowest BCUT2D eigenvalue weighted by Crippen LogP contribution is -2.77. The third kappa shape index (κ3) is 1.17. The number of likely N-dealkylation sites (N-methyl/N-ethyl adjacent to an activating group) is 1. The third-order valence-corrected chi connectivity index (χ3v) is 2.04. The first-order valence-electron chi connectivity index (χ1n) is 4.06. The highest BCUT2D eigenvalue weighted by Gasteiger charge is 2.37. The third-order valence-electron chi connectivity index (χ3n) is 2.04. The second kappa shape index (κ2) is 3.32. The number of rotatable bonds is 0. The van der Waals surface area contributed by atoms with Gasteiger partial charge in [-0.2, -0.15) is 0 Å². The van der Waals surface area contributed by atoms with Gasteiger partial charge in [0.05, 0.1) is 12.3 Å². The molecule has 3 aliphatic heterocycles. The summed E-state index contributed by atoms with van der Waals surface area (Å²) in [6.07, 6.45) is 1.24. The molecule has 2 N–H and O–H groups in total. The summed E-state index contributed by atoms with van der Waals surface area (Å²) >= 11 is 0. The van der Waals surface area contributed by atoms with E-state index in [0.29, 0.717) is 12.3 Å². The van der Waals surface area contributed by atoms with Crippen molar-refractivity contribution in [2.24, 2.45) is 0 Å². The molecule has 3 heterocycles. The van der Waals surface area contributed by atoms with Crippen molar-refractivity contribution in [3.8, 4) is 0 Å². The van der Waals surface area contributed by atoms with Crippen molar-refractivity contribution in [1.82, 2.24) is 15.5 Å². The molecule has 0 aliphatic carbocycles. The normalized spacial score (nSPS) is 37.5. The minimum atomic E-state index is 0.619. The van der Waals surface area contributed by atoms with Crippen LogP contribution in [0.25, 0.3) is 0 Å². The molecule has 0 aromatic carbocycles. The maximum absolute atomic E-state index is 3.39.